The van der Waals surface area contributed by atoms with Crippen LogP contribution in [0.3, 0.4) is 0 Å². The molecule has 2 aromatic carbocycles. The first-order chi connectivity index (χ1) is 17.4. The van der Waals surface area contributed by atoms with Gasteiger partial charge in [-0.15, -0.1) is 0 Å². The van der Waals surface area contributed by atoms with Crippen LogP contribution in [-0.4, -0.2) is 47.4 Å². The van der Waals surface area contributed by atoms with Crippen molar-refractivity contribution in [2.45, 2.75) is 31.9 Å². The normalized spacial score (nSPS) is 14.8. The van der Waals surface area contributed by atoms with Crippen LogP contribution >= 0.6 is 0 Å². The highest BCUT2D eigenvalue weighted by molar-refractivity contribution is 5.94. The zero-order chi connectivity index (χ0) is 25.5. The molecule has 1 aliphatic rings. The summed E-state index contributed by atoms with van der Waals surface area (Å²) in [6, 6.07) is 22.1. The van der Waals surface area contributed by atoms with E-state index in [1.807, 2.05) is 42.5 Å². The van der Waals surface area contributed by atoms with Crippen molar-refractivity contribution < 1.29 is 14.3 Å². The molecule has 36 heavy (non-hydrogen) atoms. The van der Waals surface area contributed by atoms with Crippen molar-refractivity contribution in [3.8, 4) is 11.8 Å². The van der Waals surface area contributed by atoms with Gasteiger partial charge in [-0.3, -0.25) is 9.59 Å². The van der Waals surface area contributed by atoms with Crippen LogP contribution in [0.4, 0.5) is 5.82 Å². The Morgan fingerprint density at radius 2 is 1.81 bits per heavy atom. The standard InChI is InChI=1S/C28H29N5O3/c1-19(22-10-8-21(14-29)9-11-22)15-31-27(23-6-4-3-5-7-23)28(35)32-26-13-12-24(16-30-26)36-25-17-33(18-25)20(2)34/h3-13,16,19,25,27,31H,15,17-18H2,1-2H3,(H,30,32,35)/t19-,27+/m1/s1. The first-order valence-electron chi connectivity index (χ1n) is 11.9. The number of nitrogens with one attached hydrogen (secondary N) is 2. The van der Waals surface area contributed by atoms with Gasteiger partial charge < -0.3 is 20.3 Å². The third-order valence-corrected chi connectivity index (χ3v) is 6.22. The van der Waals surface area contributed by atoms with E-state index in [-0.39, 0.29) is 23.8 Å². The monoisotopic (exact) mass is 483 g/mol. The minimum atomic E-state index is -0.572. The van der Waals surface area contributed by atoms with Crippen LogP contribution in [0.15, 0.2) is 72.9 Å². The second-order valence-corrected chi connectivity index (χ2v) is 8.92. The summed E-state index contributed by atoms with van der Waals surface area (Å²) in [5.41, 5.74) is 2.56. The van der Waals surface area contributed by atoms with Crippen LogP contribution < -0.4 is 15.4 Å². The highest BCUT2D eigenvalue weighted by Gasteiger charge is 2.30. The van der Waals surface area contributed by atoms with Gasteiger partial charge in [0.1, 0.15) is 23.7 Å². The summed E-state index contributed by atoms with van der Waals surface area (Å²) in [5.74, 6) is 0.977. The lowest BCUT2D eigenvalue weighted by Crippen LogP contribution is -2.55. The average molecular weight is 484 g/mol. The number of hydrogen-bond donors (Lipinski definition) is 2. The second kappa shape index (κ2) is 11.5. The third-order valence-electron chi connectivity index (χ3n) is 6.22. The Bertz CT molecular complexity index is 1220. The van der Waals surface area contributed by atoms with Crippen LogP contribution in [0.1, 0.15) is 42.5 Å². The SMILES string of the molecule is CC(=O)N1CC(Oc2ccc(NC(=O)[C@@H](NC[C@@H](C)c3ccc(C#N)cc3)c3ccccc3)nc2)C1. The number of likely N-dealkylation sites (tertiary alicyclic amines) is 1. The summed E-state index contributed by atoms with van der Waals surface area (Å²) in [6.45, 7) is 5.32. The van der Waals surface area contributed by atoms with Gasteiger partial charge in [0.15, 0.2) is 0 Å². The molecule has 0 saturated carbocycles. The topological polar surface area (TPSA) is 107 Å². The van der Waals surface area contributed by atoms with Crippen molar-refractivity contribution in [3.05, 3.63) is 89.6 Å². The van der Waals surface area contributed by atoms with Crippen LogP contribution in [0.5, 0.6) is 5.75 Å². The Morgan fingerprint density at radius 3 is 2.42 bits per heavy atom. The van der Waals surface area contributed by atoms with Gasteiger partial charge in [0.25, 0.3) is 0 Å². The number of nitriles is 1. The Kier molecular flexibility index (Phi) is 7.93. The van der Waals surface area contributed by atoms with Gasteiger partial charge in [-0.2, -0.15) is 5.26 Å². The highest BCUT2D eigenvalue weighted by atomic mass is 16.5. The Balaban J connectivity index is 1.37. The van der Waals surface area contributed by atoms with Gasteiger partial charge in [0, 0.05) is 13.5 Å². The molecule has 0 unspecified atom stereocenters. The van der Waals surface area contributed by atoms with Gasteiger partial charge in [0.05, 0.1) is 30.9 Å². The predicted molar refractivity (Wildman–Crippen MR) is 136 cm³/mol. The van der Waals surface area contributed by atoms with Crippen molar-refractivity contribution in [1.29, 1.82) is 5.26 Å². The number of ether oxygens (including phenoxy) is 1. The number of carbonyl (C=O) groups is 2. The maximum atomic E-state index is 13.2. The minimum absolute atomic E-state index is 0.0407. The van der Waals surface area contributed by atoms with Gasteiger partial charge in [0.2, 0.25) is 11.8 Å². The molecule has 1 fully saturated rings. The molecule has 8 heteroatoms. The average Bonchev–Trinajstić information content (AvgIpc) is 2.87. The quantitative estimate of drug-likeness (QED) is 0.481. The van der Waals surface area contributed by atoms with Gasteiger partial charge in [-0.1, -0.05) is 49.4 Å². The van der Waals surface area contributed by atoms with Crippen LogP contribution in [0.25, 0.3) is 0 Å². The smallest absolute Gasteiger partial charge is 0.247 e. The zero-order valence-corrected chi connectivity index (χ0v) is 20.3. The summed E-state index contributed by atoms with van der Waals surface area (Å²) in [4.78, 5) is 30.6. The number of carbonyl (C=O) groups excluding carboxylic acids is 2. The fourth-order valence-corrected chi connectivity index (χ4v) is 3.99. The van der Waals surface area contributed by atoms with E-state index in [1.54, 1.807) is 42.3 Å². The first-order valence-corrected chi connectivity index (χ1v) is 11.9. The highest BCUT2D eigenvalue weighted by Crippen LogP contribution is 2.21. The van der Waals surface area contributed by atoms with Crippen LogP contribution in [-0.2, 0) is 9.59 Å². The Morgan fingerprint density at radius 1 is 1.08 bits per heavy atom. The van der Waals surface area contributed by atoms with Crippen molar-refractivity contribution >= 4 is 17.6 Å². The maximum Gasteiger partial charge on any atom is 0.247 e. The summed E-state index contributed by atoms with van der Waals surface area (Å²) in [7, 11) is 0. The molecule has 1 saturated heterocycles. The predicted octanol–water partition coefficient (Wildman–Crippen LogP) is 3.64. The van der Waals surface area contributed by atoms with E-state index in [2.05, 4.69) is 28.6 Å². The molecule has 0 bridgehead atoms. The summed E-state index contributed by atoms with van der Waals surface area (Å²) in [6.07, 6.45) is 1.53. The van der Waals surface area contributed by atoms with Gasteiger partial charge >= 0.3 is 0 Å². The Hall–Kier alpha value is -4.22. The molecule has 1 aliphatic heterocycles. The van der Waals surface area contributed by atoms with E-state index in [1.165, 1.54) is 0 Å². The molecule has 2 atom stereocenters. The van der Waals surface area contributed by atoms with E-state index in [0.717, 1.165) is 11.1 Å². The summed E-state index contributed by atoms with van der Waals surface area (Å²) < 4.78 is 5.83. The molecule has 184 valence electrons. The van der Waals surface area contributed by atoms with E-state index in [9.17, 15) is 9.59 Å². The fraction of sp³-hybridized carbons (Fsp3) is 0.286. The second-order valence-electron chi connectivity index (χ2n) is 8.92. The van der Waals surface area contributed by atoms with Crippen molar-refractivity contribution in [3.63, 3.8) is 0 Å². The number of hydrogen-bond acceptors (Lipinski definition) is 6. The number of amides is 2. The van der Waals surface area contributed by atoms with Crippen LogP contribution in [0.2, 0.25) is 0 Å². The maximum absolute atomic E-state index is 13.2. The molecule has 4 rings (SSSR count). The molecule has 2 heterocycles. The number of pyridine rings is 1. The zero-order valence-electron chi connectivity index (χ0n) is 20.3. The van der Waals surface area contributed by atoms with Gasteiger partial charge in [-0.05, 0) is 41.3 Å². The fourth-order valence-electron chi connectivity index (χ4n) is 3.99. The summed E-state index contributed by atoms with van der Waals surface area (Å²) in [5, 5.41) is 15.3. The lowest BCUT2D eigenvalue weighted by molar-refractivity contribution is -0.137. The first kappa shape index (κ1) is 24.9. The van der Waals surface area contributed by atoms with E-state index < -0.39 is 6.04 Å². The third kappa shape index (κ3) is 6.26. The van der Waals surface area contributed by atoms with Crippen LogP contribution in [0, 0.1) is 11.3 Å². The number of nitrogens with zero attached hydrogens (tertiary/aromatic N) is 3. The molecule has 2 amide bonds. The molecule has 0 radical (unpaired) electrons. The minimum Gasteiger partial charge on any atom is -0.485 e. The summed E-state index contributed by atoms with van der Waals surface area (Å²) >= 11 is 0. The van der Waals surface area contributed by atoms with Crippen molar-refractivity contribution in [2.75, 3.05) is 25.0 Å². The number of benzene rings is 2. The molecule has 3 aromatic rings. The molecule has 2 N–H and O–H groups in total. The largest absolute Gasteiger partial charge is 0.485 e. The van der Waals surface area contributed by atoms with E-state index in [0.29, 0.717) is 36.8 Å². The molecular weight excluding hydrogens is 454 g/mol. The molecule has 0 aliphatic carbocycles. The van der Waals surface area contributed by atoms with Crippen molar-refractivity contribution in [1.82, 2.24) is 15.2 Å². The molecule has 8 nitrogen and oxygen atoms in total. The van der Waals surface area contributed by atoms with Crippen molar-refractivity contribution in [2.24, 2.45) is 0 Å². The molecule has 1 aromatic heterocycles. The Labute approximate surface area is 210 Å². The lowest BCUT2D eigenvalue weighted by Gasteiger charge is -2.38. The molecular formula is C28H29N5O3. The number of rotatable bonds is 9. The van der Waals surface area contributed by atoms with E-state index >= 15 is 0 Å². The van der Waals surface area contributed by atoms with E-state index in [4.69, 9.17) is 10.00 Å². The number of aromatic nitrogens is 1. The number of anilines is 1. The molecule has 0 spiro atoms. The van der Waals surface area contributed by atoms with Gasteiger partial charge in [-0.25, -0.2) is 4.98 Å². The lowest BCUT2D eigenvalue weighted by atomic mass is 9.98.